The molecule has 0 aliphatic heterocycles. The maximum atomic E-state index is 12.9. The maximum absolute atomic E-state index is 12.9. The minimum atomic E-state index is -4.35. The largest absolute Gasteiger partial charge is 0.418 e. The summed E-state index contributed by atoms with van der Waals surface area (Å²) in [6.45, 7) is 55.0. The second-order valence-corrected chi connectivity index (χ2v) is 36.9. The molecule has 0 N–H and O–H groups in total. The van der Waals surface area contributed by atoms with Crippen LogP contribution in [-0.4, -0.2) is 61.7 Å². The van der Waals surface area contributed by atoms with Gasteiger partial charge in [0, 0.05) is 143 Å². The summed E-state index contributed by atoms with van der Waals surface area (Å²) in [6, 6.07) is 55.6. The Morgan fingerprint density at radius 1 is 0.252 bits per heavy atom. The molecule has 16 rings (SSSR count). The molecule has 11 heterocycles. The van der Waals surface area contributed by atoms with Crippen LogP contribution in [0.15, 0.2) is 238 Å². The number of aromatic nitrogens is 13. The summed E-state index contributed by atoms with van der Waals surface area (Å²) in [4.78, 5) is 17.2. The van der Waals surface area contributed by atoms with Crippen molar-refractivity contribution in [3.05, 3.63) is 260 Å². The Labute approximate surface area is 735 Å². The van der Waals surface area contributed by atoms with Crippen LogP contribution in [0.3, 0.4) is 0 Å². The van der Waals surface area contributed by atoms with Gasteiger partial charge in [0.2, 0.25) is 0 Å². The van der Waals surface area contributed by atoms with Crippen LogP contribution in [0, 0.1) is 13.8 Å². The summed E-state index contributed by atoms with van der Waals surface area (Å²) < 4.78 is 93.9. The van der Waals surface area contributed by atoms with E-state index in [4.69, 9.17) is 0 Å². The number of aryl methyl sites for hydroxylation is 2. The Morgan fingerprint density at radius 3 is 1.08 bits per heavy atom. The summed E-state index contributed by atoms with van der Waals surface area (Å²) >= 11 is 0. The molecule has 676 valence electrons. The molecule has 0 atom stereocenters. The SMILES string of the molecule is C.C.C.C.C.C.C.C.C.CC(C)(C)n1cc(C(F)(F)F)c2ccccc21.CC(C)(C)n1cc(C(F)(F)F)c2cccnc21.CC(C)(C)n1ccc2ccccc21.CC(C)(C)n1ccc2cccnc21.CC(C)(C)n1cnc2ccccc21.CC(C)(C)n1ncc2ccccc21.Cc1cn(C(C)(C)C)c2ccccc12.Cc1cn(C(C)(C)C)c2ncccc12. The molecule has 0 aliphatic rings. The number of imidazole rings is 1. The second kappa shape index (κ2) is 43.1. The highest BCUT2D eigenvalue weighted by Gasteiger charge is 2.37. The number of halogens is 6. The van der Waals surface area contributed by atoms with Crippen LogP contribution in [0.5, 0.6) is 0 Å². The van der Waals surface area contributed by atoms with Gasteiger partial charge in [-0.15, -0.1) is 0 Å². The van der Waals surface area contributed by atoms with Crippen LogP contribution < -0.4 is 0 Å². The monoisotopic (exact) mass is 1700 g/mol. The average Bonchev–Trinajstić information content (AvgIpc) is 1.60. The number of para-hydroxylation sites is 6. The van der Waals surface area contributed by atoms with E-state index in [0.29, 0.717) is 11.2 Å². The Balaban J connectivity index is 0.00000137. The summed E-state index contributed by atoms with van der Waals surface area (Å²) in [5, 5.41) is 11.1. The van der Waals surface area contributed by atoms with Crippen molar-refractivity contribution < 1.29 is 26.3 Å². The Hall–Kier alpha value is -10.7. The van der Waals surface area contributed by atoms with Crippen molar-refractivity contribution in [2.24, 2.45) is 0 Å². The molecule has 16 aromatic rings. The highest BCUT2D eigenvalue weighted by Crippen LogP contribution is 2.40. The van der Waals surface area contributed by atoms with Gasteiger partial charge in [-0.25, -0.2) is 19.9 Å². The van der Waals surface area contributed by atoms with Gasteiger partial charge in [-0.1, -0.05) is 152 Å². The molecular formula is C104H153F6N13. The van der Waals surface area contributed by atoms with Crippen LogP contribution in [-0.2, 0) is 56.7 Å². The van der Waals surface area contributed by atoms with Gasteiger partial charge in [0.05, 0.1) is 45.7 Å². The zero-order valence-electron chi connectivity index (χ0n) is 71.6. The Bertz CT molecular complexity index is 5240. The lowest BCUT2D eigenvalue weighted by molar-refractivity contribution is -0.137. The normalized spacial score (nSPS) is 11.6. The molecule has 11 aromatic heterocycles. The Kier molecular flexibility index (Phi) is 39.3. The maximum Gasteiger partial charge on any atom is 0.418 e. The number of fused-ring (bicyclic) bond motifs is 8. The van der Waals surface area contributed by atoms with Crippen molar-refractivity contribution in [3.8, 4) is 0 Å². The zero-order valence-corrected chi connectivity index (χ0v) is 71.6. The first-order valence-electron chi connectivity index (χ1n) is 38.8. The molecule has 0 amide bonds. The third-order valence-corrected chi connectivity index (χ3v) is 19.2. The predicted molar refractivity (Wildman–Crippen MR) is 525 cm³/mol. The molecule has 123 heavy (non-hydrogen) atoms. The van der Waals surface area contributed by atoms with Gasteiger partial charge < -0.3 is 32.0 Å². The van der Waals surface area contributed by atoms with E-state index in [-0.39, 0.29) is 116 Å². The molecule has 0 fully saturated rings. The fourth-order valence-electron chi connectivity index (χ4n) is 13.6. The van der Waals surface area contributed by atoms with Gasteiger partial charge in [-0.05, 0) is 281 Å². The molecule has 0 radical (unpaired) electrons. The van der Waals surface area contributed by atoms with Gasteiger partial charge in [-0.2, -0.15) is 31.4 Å². The molecule has 0 unspecified atom stereocenters. The first-order chi connectivity index (χ1) is 52.8. The number of hydrogen-bond donors (Lipinski definition) is 0. The number of benzene rings is 5. The topological polar surface area (TPSA) is 104 Å². The lowest BCUT2D eigenvalue weighted by Gasteiger charge is -2.22. The first kappa shape index (κ1) is 112. The van der Waals surface area contributed by atoms with E-state index in [1.54, 1.807) is 27.3 Å². The van der Waals surface area contributed by atoms with Gasteiger partial charge in [0.15, 0.2) is 0 Å². The molecule has 0 spiro atoms. The molecular weight excluding hydrogens is 1550 g/mol. The summed E-state index contributed by atoms with van der Waals surface area (Å²) in [7, 11) is 0. The van der Waals surface area contributed by atoms with E-state index < -0.39 is 29.0 Å². The first-order valence-corrected chi connectivity index (χ1v) is 38.8. The minimum absolute atomic E-state index is 0. The van der Waals surface area contributed by atoms with E-state index in [9.17, 15) is 26.3 Å². The highest BCUT2D eigenvalue weighted by atomic mass is 19.4. The fourth-order valence-corrected chi connectivity index (χ4v) is 13.6. The van der Waals surface area contributed by atoms with Gasteiger partial charge >= 0.3 is 12.4 Å². The summed E-state index contributed by atoms with van der Waals surface area (Å²) in [5.41, 5.74) is 10.6. The van der Waals surface area contributed by atoms with Crippen LogP contribution in [0.2, 0.25) is 0 Å². The smallest absolute Gasteiger partial charge is 0.342 e. The lowest BCUT2D eigenvalue weighted by atomic mass is 10.1. The van der Waals surface area contributed by atoms with Gasteiger partial charge in [0.25, 0.3) is 0 Å². The second-order valence-electron chi connectivity index (χ2n) is 36.9. The van der Waals surface area contributed by atoms with Gasteiger partial charge in [-0.3, -0.25) is 4.68 Å². The van der Waals surface area contributed by atoms with Crippen molar-refractivity contribution in [1.29, 1.82) is 0 Å². The van der Waals surface area contributed by atoms with Crippen LogP contribution >= 0.6 is 0 Å². The van der Waals surface area contributed by atoms with E-state index >= 15 is 0 Å². The van der Waals surface area contributed by atoms with Crippen LogP contribution in [0.1, 0.15) is 255 Å². The quantitative estimate of drug-likeness (QED) is 0.141. The molecule has 13 nitrogen and oxygen atoms in total. The fraction of sp³-hybridized carbons (Fsp3) is 0.433. The van der Waals surface area contributed by atoms with E-state index in [2.05, 4.69) is 307 Å². The number of hydrogen-bond acceptors (Lipinski definition) is 5. The molecule has 0 bridgehead atoms. The van der Waals surface area contributed by atoms with Crippen molar-refractivity contribution in [2.75, 3.05) is 0 Å². The van der Waals surface area contributed by atoms with Crippen molar-refractivity contribution >= 4 is 87.7 Å². The van der Waals surface area contributed by atoms with Crippen molar-refractivity contribution in [1.82, 2.24) is 61.7 Å². The molecule has 19 heteroatoms. The predicted octanol–water partition coefficient (Wildman–Crippen LogP) is 32.5. The third kappa shape index (κ3) is 27.2. The molecule has 0 saturated heterocycles. The number of nitrogens with zero attached hydrogens (tertiary/aromatic N) is 13. The van der Waals surface area contributed by atoms with E-state index in [0.717, 1.165) is 23.0 Å². The van der Waals surface area contributed by atoms with Crippen molar-refractivity contribution in [2.45, 2.75) is 304 Å². The van der Waals surface area contributed by atoms with Crippen LogP contribution in [0.4, 0.5) is 26.3 Å². The number of rotatable bonds is 0. The van der Waals surface area contributed by atoms with Crippen molar-refractivity contribution in [3.63, 3.8) is 0 Å². The molecule has 5 aromatic carbocycles. The third-order valence-electron chi connectivity index (χ3n) is 19.2. The highest BCUT2D eigenvalue weighted by molar-refractivity contribution is 5.87. The minimum Gasteiger partial charge on any atom is -0.342 e. The summed E-state index contributed by atoms with van der Waals surface area (Å²) in [6.07, 6.45) is 11.4. The van der Waals surface area contributed by atoms with E-state index in [1.165, 1.54) is 90.7 Å². The summed E-state index contributed by atoms with van der Waals surface area (Å²) in [5.74, 6) is 0. The number of alkyl halides is 6. The lowest BCUT2D eigenvalue weighted by Crippen LogP contribution is -2.22. The molecule has 0 saturated carbocycles. The van der Waals surface area contributed by atoms with Crippen LogP contribution in [0.25, 0.3) is 87.7 Å². The van der Waals surface area contributed by atoms with E-state index in [1.807, 2.05) is 109 Å². The number of pyridine rings is 3. The zero-order chi connectivity index (χ0) is 84.3. The van der Waals surface area contributed by atoms with Gasteiger partial charge in [0.1, 0.15) is 16.9 Å². The standard InChI is InChI=1S/C13H14F3N.C13H17N.C12H13F3N2.C12H16N2.C12H15N.3C11H14N2.9CH4/c1-12(2,3)17-8-10(13(14,15)16)9-6-4-5-7-11(9)17;1-10-9-14(13(2,3)4)12-8-6-5-7-11(10)12;1-11(2,3)17-7-9(12(13,14)15)8-5-4-6-16-10(8)17;1-9-8-14(12(2,3)4)11-10(9)6-5-7-13-11;1-12(2,3)13-9-8-10-6-4-5-7-11(10)13;1-11(2,3)13-8-6-9-5-4-7-12-10(9)13;1-11(2,3)13-8-12-9-6-4-5-7-10(9)13;1-11(2,3)13-10-7-5-4-6-9(10)8-12-13;;;;;;;;;/h4-8H,1-3H3;5-9H,1-4H3;4-7H,1-3H3;5-8H,1-4H3;4-9H,1-3H3;3*4-8H,1-3H3;9*1H4. The Morgan fingerprint density at radius 2 is 0.585 bits per heavy atom. The molecule has 0 aliphatic carbocycles. The average molecular weight is 1700 g/mol.